The summed E-state index contributed by atoms with van der Waals surface area (Å²) in [6.07, 6.45) is -3.34. The van der Waals surface area contributed by atoms with E-state index in [2.05, 4.69) is 20.3 Å². The van der Waals surface area contributed by atoms with Crippen LogP contribution in [0.5, 0.6) is 0 Å². The van der Waals surface area contributed by atoms with Crippen molar-refractivity contribution >= 4 is 28.8 Å². The van der Waals surface area contributed by atoms with Crippen LogP contribution in [0.4, 0.5) is 5.95 Å². The summed E-state index contributed by atoms with van der Waals surface area (Å²) in [5.74, 6) is -2.29. The number of nitrogens with zero attached hydrogens (tertiary/aromatic N) is 3. The number of ketones is 1. The van der Waals surface area contributed by atoms with Crippen LogP contribution in [0.2, 0.25) is 0 Å². The molecule has 1 aliphatic heterocycles. The van der Waals surface area contributed by atoms with Gasteiger partial charge in [0.1, 0.15) is 12.2 Å². The second kappa shape index (κ2) is 7.87. The normalized spacial score (nSPS) is 26.6. The fraction of sp³-hybridized carbons (Fsp3) is 0.611. The monoisotopic (exact) mass is 423 g/mol. The van der Waals surface area contributed by atoms with Gasteiger partial charge in [-0.15, -0.1) is 0 Å². The number of aromatic nitrogens is 4. The number of aliphatic hydroxyl groups excluding tert-OH is 2. The molecule has 1 saturated heterocycles. The number of hydrogen-bond donors (Lipinski definition) is 5. The lowest BCUT2D eigenvalue weighted by Crippen LogP contribution is -2.54. The number of aliphatic hydroxyl groups is 3. The van der Waals surface area contributed by atoms with Gasteiger partial charge >= 0.3 is 0 Å². The molecule has 12 heteroatoms. The molecule has 3 rings (SSSR count). The van der Waals surface area contributed by atoms with Crippen LogP contribution in [-0.4, -0.2) is 70.9 Å². The Balaban J connectivity index is 2.14. The number of amides is 1. The summed E-state index contributed by atoms with van der Waals surface area (Å²) >= 11 is 0. The molecule has 0 bridgehead atoms. The minimum atomic E-state index is -2.42. The number of ether oxygens (including phenoxy) is 1. The van der Waals surface area contributed by atoms with Gasteiger partial charge in [-0.25, -0.2) is 4.98 Å². The topological polar surface area (TPSA) is 180 Å². The summed E-state index contributed by atoms with van der Waals surface area (Å²) in [7, 11) is 0. The highest BCUT2D eigenvalue weighted by Gasteiger charge is 2.61. The Kier molecular flexibility index (Phi) is 5.78. The van der Waals surface area contributed by atoms with Crippen molar-refractivity contribution in [2.45, 2.75) is 51.7 Å². The average Bonchev–Trinajstić information content (AvgIpc) is 3.21. The molecular formula is C18H25N5O7. The molecule has 4 atom stereocenters. The number of nitrogens with one attached hydrogen (secondary N) is 2. The molecule has 0 unspecified atom stereocenters. The number of carbonyl (C=O) groups excluding carboxylic acids is 2. The molecule has 2 aromatic heterocycles. The van der Waals surface area contributed by atoms with E-state index in [1.807, 2.05) is 0 Å². The van der Waals surface area contributed by atoms with E-state index in [9.17, 15) is 29.7 Å². The minimum absolute atomic E-state index is 0.0800. The van der Waals surface area contributed by atoms with Crippen LogP contribution in [0, 0.1) is 11.8 Å². The molecular weight excluding hydrogens is 398 g/mol. The van der Waals surface area contributed by atoms with Crippen LogP contribution in [0.25, 0.3) is 11.2 Å². The molecule has 0 aliphatic carbocycles. The van der Waals surface area contributed by atoms with Crippen LogP contribution in [0.15, 0.2) is 11.1 Å². The van der Waals surface area contributed by atoms with E-state index in [-0.39, 0.29) is 28.9 Å². The molecule has 1 amide bonds. The fourth-order valence-corrected chi connectivity index (χ4v) is 3.34. The zero-order chi connectivity index (χ0) is 22.4. The predicted molar refractivity (Wildman–Crippen MR) is 103 cm³/mol. The van der Waals surface area contributed by atoms with E-state index in [1.54, 1.807) is 27.7 Å². The Bertz CT molecular complexity index is 1030. The van der Waals surface area contributed by atoms with Crippen molar-refractivity contribution in [3.05, 3.63) is 16.7 Å². The van der Waals surface area contributed by atoms with Crippen LogP contribution in [0.3, 0.4) is 0 Å². The number of carbonyl (C=O) groups is 2. The van der Waals surface area contributed by atoms with E-state index < -0.39 is 47.9 Å². The van der Waals surface area contributed by atoms with Gasteiger partial charge in [-0.1, -0.05) is 27.7 Å². The van der Waals surface area contributed by atoms with Crippen molar-refractivity contribution in [3.63, 3.8) is 0 Å². The molecule has 0 saturated carbocycles. The number of anilines is 1. The van der Waals surface area contributed by atoms with Crippen LogP contribution in [-0.2, 0) is 14.3 Å². The Hall–Kier alpha value is -2.67. The summed E-state index contributed by atoms with van der Waals surface area (Å²) in [6.45, 7) is 5.77. The molecule has 2 aromatic rings. The van der Waals surface area contributed by atoms with Crippen molar-refractivity contribution in [3.8, 4) is 0 Å². The van der Waals surface area contributed by atoms with Gasteiger partial charge < -0.3 is 20.1 Å². The first-order chi connectivity index (χ1) is 14.0. The van der Waals surface area contributed by atoms with Gasteiger partial charge in [0.05, 0.1) is 12.9 Å². The maximum atomic E-state index is 12.8. The highest BCUT2D eigenvalue weighted by Crippen LogP contribution is 2.41. The number of imidazole rings is 1. The average molecular weight is 423 g/mol. The maximum Gasteiger partial charge on any atom is 0.280 e. The van der Waals surface area contributed by atoms with Gasteiger partial charge in [-0.2, -0.15) is 4.98 Å². The number of rotatable bonds is 6. The molecule has 1 aliphatic rings. The molecule has 164 valence electrons. The van der Waals surface area contributed by atoms with Gasteiger partial charge in [-0.05, 0) is 0 Å². The SMILES string of the molecule is CC(C)C(=O)Nc1nc2c(ncn2[C@@H]2O[C@H](CO)[C@@H](O)[C@@]2(O)C(=O)C(C)C)c(=O)[nH]1. The summed E-state index contributed by atoms with van der Waals surface area (Å²) < 4.78 is 6.71. The zero-order valence-electron chi connectivity index (χ0n) is 17.0. The van der Waals surface area contributed by atoms with Crippen LogP contribution in [0.1, 0.15) is 33.9 Å². The quantitative estimate of drug-likeness (QED) is 0.386. The smallest absolute Gasteiger partial charge is 0.280 e. The Morgan fingerprint density at radius 2 is 2.00 bits per heavy atom. The first-order valence-electron chi connectivity index (χ1n) is 9.51. The summed E-state index contributed by atoms with van der Waals surface area (Å²) in [4.78, 5) is 47.7. The Labute approximate surface area is 170 Å². The van der Waals surface area contributed by atoms with E-state index in [1.165, 1.54) is 0 Å². The third-order valence-corrected chi connectivity index (χ3v) is 5.03. The van der Waals surface area contributed by atoms with Crippen molar-refractivity contribution < 1.29 is 29.6 Å². The van der Waals surface area contributed by atoms with E-state index in [4.69, 9.17) is 4.74 Å². The molecule has 0 spiro atoms. The second-order valence-corrected chi connectivity index (χ2v) is 7.88. The van der Waals surface area contributed by atoms with Gasteiger partial charge in [0, 0.05) is 11.8 Å². The van der Waals surface area contributed by atoms with Crippen molar-refractivity contribution in [2.75, 3.05) is 11.9 Å². The van der Waals surface area contributed by atoms with E-state index in [0.29, 0.717) is 0 Å². The summed E-state index contributed by atoms with van der Waals surface area (Å²) in [5, 5.41) is 33.7. The third kappa shape index (κ3) is 3.41. The Morgan fingerprint density at radius 1 is 1.33 bits per heavy atom. The van der Waals surface area contributed by atoms with Gasteiger partial charge in [0.15, 0.2) is 28.8 Å². The molecule has 30 heavy (non-hydrogen) atoms. The Morgan fingerprint density at radius 3 is 2.57 bits per heavy atom. The molecule has 1 fully saturated rings. The standard InChI is InChI=1S/C18H25N5O7/c1-7(2)11(25)18(29)12(26)9(5-24)30-16(18)23-6-19-10-13(23)20-17(22-15(10)28)21-14(27)8(3)4/h6-9,12,16,24,26,29H,5H2,1-4H3,(H2,20,21,22,27,28)/t9-,12-,16-,18+/m1/s1. The number of Topliss-reactive ketones (excluding diaryl/α,β-unsaturated/α-hetero) is 1. The largest absolute Gasteiger partial charge is 0.394 e. The molecule has 5 N–H and O–H groups in total. The maximum absolute atomic E-state index is 12.8. The fourth-order valence-electron chi connectivity index (χ4n) is 3.34. The number of aromatic amines is 1. The van der Waals surface area contributed by atoms with Crippen molar-refractivity contribution in [1.82, 2.24) is 19.5 Å². The lowest BCUT2D eigenvalue weighted by Gasteiger charge is -2.31. The first kappa shape index (κ1) is 22.0. The first-order valence-corrected chi connectivity index (χ1v) is 9.51. The second-order valence-electron chi connectivity index (χ2n) is 7.88. The lowest BCUT2D eigenvalue weighted by molar-refractivity contribution is -0.161. The number of fused-ring (bicyclic) bond motifs is 1. The lowest BCUT2D eigenvalue weighted by atomic mass is 9.84. The highest BCUT2D eigenvalue weighted by molar-refractivity contribution is 5.91. The van der Waals surface area contributed by atoms with E-state index >= 15 is 0 Å². The predicted octanol–water partition coefficient (Wildman–Crippen LogP) is -1.08. The number of H-pyrrole nitrogens is 1. The van der Waals surface area contributed by atoms with Crippen molar-refractivity contribution in [1.29, 1.82) is 0 Å². The highest BCUT2D eigenvalue weighted by atomic mass is 16.6. The summed E-state index contributed by atoms with van der Waals surface area (Å²) in [5.41, 5.74) is -3.28. The van der Waals surface area contributed by atoms with Crippen LogP contribution < -0.4 is 10.9 Å². The third-order valence-electron chi connectivity index (χ3n) is 5.03. The van der Waals surface area contributed by atoms with Crippen LogP contribution >= 0.6 is 0 Å². The number of hydrogen-bond acceptors (Lipinski definition) is 9. The van der Waals surface area contributed by atoms with Gasteiger partial charge in [0.2, 0.25) is 11.9 Å². The minimum Gasteiger partial charge on any atom is -0.394 e. The van der Waals surface area contributed by atoms with E-state index in [0.717, 1.165) is 10.9 Å². The molecule has 3 heterocycles. The molecule has 12 nitrogen and oxygen atoms in total. The van der Waals surface area contributed by atoms with Gasteiger partial charge in [-0.3, -0.25) is 29.3 Å². The zero-order valence-corrected chi connectivity index (χ0v) is 17.0. The summed E-state index contributed by atoms with van der Waals surface area (Å²) in [6, 6.07) is 0. The molecule has 0 aromatic carbocycles. The van der Waals surface area contributed by atoms with Crippen molar-refractivity contribution in [2.24, 2.45) is 11.8 Å². The van der Waals surface area contributed by atoms with Gasteiger partial charge in [0.25, 0.3) is 5.56 Å². The molecule has 0 radical (unpaired) electrons.